The third kappa shape index (κ3) is 2.63. The fraction of sp³-hybridized carbons (Fsp3) is 0.400. The second-order valence-corrected chi connectivity index (χ2v) is 4.65. The van der Waals surface area contributed by atoms with Gasteiger partial charge in [0.1, 0.15) is 11.6 Å². The van der Waals surface area contributed by atoms with E-state index in [1.807, 2.05) is 6.08 Å². The molecule has 2 heteroatoms. The van der Waals surface area contributed by atoms with E-state index in [2.05, 4.69) is 6.58 Å². The molecule has 17 heavy (non-hydrogen) atoms. The molecule has 1 aliphatic rings. The first kappa shape index (κ1) is 12.0. The summed E-state index contributed by atoms with van der Waals surface area (Å²) in [6.45, 7) is 3.72. The predicted octanol–water partition coefficient (Wildman–Crippen LogP) is 3.85. The molecule has 0 N–H and O–H groups in total. The molecular weight excluding hydrogens is 215 g/mol. The summed E-state index contributed by atoms with van der Waals surface area (Å²) in [4.78, 5) is 11.9. The van der Waals surface area contributed by atoms with Crippen molar-refractivity contribution in [2.45, 2.75) is 31.6 Å². The number of carbonyl (C=O) groups is 1. The standard InChI is InChI=1S/C15H17FO/c1-2-4-14-13(5-3-6-15(14)17)11-7-9-12(16)10-8-11/h2,7-10,13-14H,1,3-6H2/t13-,14-/m1/s1. The molecule has 0 spiro atoms. The van der Waals surface area contributed by atoms with E-state index in [1.165, 1.54) is 12.1 Å². The van der Waals surface area contributed by atoms with Crippen molar-refractivity contribution in [3.63, 3.8) is 0 Å². The lowest BCUT2D eigenvalue weighted by atomic mass is 9.73. The van der Waals surface area contributed by atoms with Crippen LogP contribution in [0.25, 0.3) is 0 Å². The van der Waals surface area contributed by atoms with E-state index in [0.29, 0.717) is 12.2 Å². The van der Waals surface area contributed by atoms with Crippen LogP contribution in [0, 0.1) is 11.7 Å². The van der Waals surface area contributed by atoms with E-state index < -0.39 is 0 Å². The molecule has 0 aromatic heterocycles. The maximum absolute atomic E-state index is 12.9. The Labute approximate surface area is 101 Å². The average Bonchev–Trinajstić information content (AvgIpc) is 2.33. The zero-order chi connectivity index (χ0) is 12.3. The Kier molecular flexibility index (Phi) is 3.72. The van der Waals surface area contributed by atoms with Crippen molar-refractivity contribution < 1.29 is 9.18 Å². The molecule has 1 aliphatic carbocycles. The summed E-state index contributed by atoms with van der Waals surface area (Å²) in [7, 11) is 0. The molecule has 1 nitrogen and oxygen atoms in total. The third-order valence-electron chi connectivity index (χ3n) is 3.56. The molecule has 0 aliphatic heterocycles. The van der Waals surface area contributed by atoms with E-state index >= 15 is 0 Å². The monoisotopic (exact) mass is 232 g/mol. The van der Waals surface area contributed by atoms with Gasteiger partial charge in [-0.05, 0) is 42.9 Å². The molecule has 1 fully saturated rings. The Hall–Kier alpha value is -1.44. The number of benzene rings is 1. The van der Waals surface area contributed by atoms with E-state index in [9.17, 15) is 9.18 Å². The second kappa shape index (κ2) is 5.26. The van der Waals surface area contributed by atoms with Crippen LogP contribution in [0.2, 0.25) is 0 Å². The Balaban J connectivity index is 2.24. The summed E-state index contributed by atoms with van der Waals surface area (Å²) in [6, 6.07) is 6.54. The van der Waals surface area contributed by atoms with Crippen LogP contribution in [0.4, 0.5) is 4.39 Å². The number of ketones is 1. The van der Waals surface area contributed by atoms with Crippen LogP contribution < -0.4 is 0 Å². The van der Waals surface area contributed by atoms with Gasteiger partial charge in [-0.25, -0.2) is 4.39 Å². The van der Waals surface area contributed by atoms with E-state index in [-0.39, 0.29) is 17.7 Å². The van der Waals surface area contributed by atoms with E-state index in [4.69, 9.17) is 0 Å². The molecule has 0 unspecified atom stereocenters. The van der Waals surface area contributed by atoms with Gasteiger partial charge in [0, 0.05) is 12.3 Å². The SMILES string of the molecule is C=CC[C@H]1C(=O)CCC[C@@H]1c1ccc(F)cc1. The number of rotatable bonds is 3. The summed E-state index contributed by atoms with van der Waals surface area (Å²) < 4.78 is 12.9. The van der Waals surface area contributed by atoms with Gasteiger partial charge in [0.15, 0.2) is 0 Å². The largest absolute Gasteiger partial charge is 0.299 e. The Morgan fingerprint density at radius 3 is 2.71 bits per heavy atom. The minimum absolute atomic E-state index is 0.0340. The molecule has 0 heterocycles. The molecule has 0 saturated heterocycles. The predicted molar refractivity (Wildman–Crippen MR) is 66.3 cm³/mol. The van der Waals surface area contributed by atoms with Crippen molar-refractivity contribution >= 4 is 5.78 Å². The van der Waals surface area contributed by atoms with Crippen molar-refractivity contribution in [2.24, 2.45) is 5.92 Å². The van der Waals surface area contributed by atoms with Crippen LogP contribution in [0.15, 0.2) is 36.9 Å². The molecule has 1 saturated carbocycles. The van der Waals surface area contributed by atoms with Crippen LogP contribution in [0.1, 0.15) is 37.2 Å². The minimum Gasteiger partial charge on any atom is -0.299 e. The highest BCUT2D eigenvalue weighted by atomic mass is 19.1. The number of Topliss-reactive ketones (excluding diaryl/α,β-unsaturated/α-hetero) is 1. The number of halogens is 1. The van der Waals surface area contributed by atoms with Gasteiger partial charge in [-0.2, -0.15) is 0 Å². The molecule has 0 bridgehead atoms. The quantitative estimate of drug-likeness (QED) is 0.723. The van der Waals surface area contributed by atoms with Gasteiger partial charge in [0.25, 0.3) is 0 Å². The van der Waals surface area contributed by atoms with E-state index in [0.717, 1.165) is 24.8 Å². The van der Waals surface area contributed by atoms with Crippen molar-refractivity contribution in [1.29, 1.82) is 0 Å². The van der Waals surface area contributed by atoms with Crippen LogP contribution in [0.3, 0.4) is 0 Å². The lowest BCUT2D eigenvalue weighted by Gasteiger charge is -2.30. The van der Waals surface area contributed by atoms with Crippen molar-refractivity contribution in [3.8, 4) is 0 Å². The van der Waals surface area contributed by atoms with Crippen molar-refractivity contribution in [2.75, 3.05) is 0 Å². The minimum atomic E-state index is -0.226. The third-order valence-corrected chi connectivity index (χ3v) is 3.56. The smallest absolute Gasteiger partial charge is 0.136 e. The first-order chi connectivity index (χ1) is 8.22. The number of hydrogen-bond donors (Lipinski definition) is 0. The average molecular weight is 232 g/mol. The van der Waals surface area contributed by atoms with Gasteiger partial charge >= 0.3 is 0 Å². The molecule has 1 aromatic rings. The summed E-state index contributed by atoms with van der Waals surface area (Å²) >= 11 is 0. The fourth-order valence-electron chi connectivity index (χ4n) is 2.69. The molecule has 2 rings (SSSR count). The van der Waals surface area contributed by atoms with Gasteiger partial charge in [0.2, 0.25) is 0 Å². The number of allylic oxidation sites excluding steroid dienone is 1. The topological polar surface area (TPSA) is 17.1 Å². The highest BCUT2D eigenvalue weighted by Gasteiger charge is 2.31. The van der Waals surface area contributed by atoms with Crippen molar-refractivity contribution in [3.05, 3.63) is 48.3 Å². The van der Waals surface area contributed by atoms with Crippen LogP contribution in [-0.2, 0) is 4.79 Å². The Bertz CT molecular complexity index is 407. The first-order valence-electron chi connectivity index (χ1n) is 6.11. The molecule has 2 atom stereocenters. The fourth-order valence-corrected chi connectivity index (χ4v) is 2.69. The lowest BCUT2D eigenvalue weighted by Crippen LogP contribution is -2.26. The van der Waals surface area contributed by atoms with Crippen LogP contribution >= 0.6 is 0 Å². The van der Waals surface area contributed by atoms with Gasteiger partial charge in [-0.15, -0.1) is 6.58 Å². The molecule has 90 valence electrons. The van der Waals surface area contributed by atoms with Gasteiger partial charge in [-0.1, -0.05) is 18.2 Å². The summed E-state index contributed by atoms with van der Waals surface area (Å²) in [5.74, 6) is 0.364. The van der Waals surface area contributed by atoms with Gasteiger partial charge in [0.05, 0.1) is 0 Å². The van der Waals surface area contributed by atoms with Crippen molar-refractivity contribution in [1.82, 2.24) is 0 Å². The Morgan fingerprint density at radius 1 is 1.35 bits per heavy atom. The summed E-state index contributed by atoms with van der Waals surface area (Å²) in [5.41, 5.74) is 1.08. The maximum atomic E-state index is 12.9. The summed E-state index contributed by atoms with van der Waals surface area (Å²) in [5, 5.41) is 0. The highest BCUT2D eigenvalue weighted by Crippen LogP contribution is 2.37. The van der Waals surface area contributed by atoms with E-state index in [1.54, 1.807) is 12.1 Å². The van der Waals surface area contributed by atoms with Crippen LogP contribution in [-0.4, -0.2) is 5.78 Å². The maximum Gasteiger partial charge on any atom is 0.136 e. The Morgan fingerprint density at radius 2 is 2.06 bits per heavy atom. The zero-order valence-corrected chi connectivity index (χ0v) is 9.86. The van der Waals surface area contributed by atoms with Gasteiger partial charge in [-0.3, -0.25) is 4.79 Å². The molecule has 1 aromatic carbocycles. The molecule has 0 radical (unpaired) electrons. The first-order valence-corrected chi connectivity index (χ1v) is 6.11. The highest BCUT2D eigenvalue weighted by molar-refractivity contribution is 5.83. The number of carbonyl (C=O) groups excluding carboxylic acids is 1. The normalized spacial score (nSPS) is 24.6. The zero-order valence-electron chi connectivity index (χ0n) is 9.86. The van der Waals surface area contributed by atoms with Crippen LogP contribution in [0.5, 0.6) is 0 Å². The van der Waals surface area contributed by atoms with Gasteiger partial charge < -0.3 is 0 Å². The summed E-state index contributed by atoms with van der Waals surface area (Å²) in [6.07, 6.45) is 5.16. The molecular formula is C15H17FO. The number of hydrogen-bond acceptors (Lipinski definition) is 1. The second-order valence-electron chi connectivity index (χ2n) is 4.65. The lowest BCUT2D eigenvalue weighted by molar-refractivity contribution is -0.125. The molecule has 0 amide bonds.